The van der Waals surface area contributed by atoms with Crippen LogP contribution in [0, 0.1) is 11.8 Å². The number of hydrogen-bond donors (Lipinski definition) is 1. The summed E-state index contributed by atoms with van der Waals surface area (Å²) in [6, 6.07) is 14.4. The highest BCUT2D eigenvalue weighted by Crippen LogP contribution is 2.41. The van der Waals surface area contributed by atoms with E-state index in [1.807, 2.05) is 6.20 Å². The van der Waals surface area contributed by atoms with Crippen LogP contribution in [0.3, 0.4) is 0 Å². The highest BCUT2D eigenvalue weighted by molar-refractivity contribution is 6.03. The third-order valence-corrected chi connectivity index (χ3v) is 10.5. The molecule has 0 radical (unpaired) electrons. The molecule has 2 aromatic heterocycles. The van der Waals surface area contributed by atoms with Crippen molar-refractivity contribution >= 4 is 27.5 Å². The van der Waals surface area contributed by atoms with Gasteiger partial charge in [-0.25, -0.2) is 0 Å². The van der Waals surface area contributed by atoms with E-state index in [0.717, 1.165) is 70.4 Å². The Hall–Kier alpha value is -3.73. The molecule has 44 heavy (non-hydrogen) atoms. The maximum Gasteiger partial charge on any atom is 0.319 e. The van der Waals surface area contributed by atoms with Crippen LogP contribution >= 0.6 is 0 Å². The standard InChI is InChI=1S/C37H42N6O.H2/c1-3-5-10-25-11-6-12-26-13-7-14-30(32(25)26)33-29(4-2)34-31(21-38-33)35(42-22-27-15-16-28(23-42)39-27)41-36(40-34)44-24-37-17-8-19-43(37)20-9-18-37;/h6-7,11-14,21,27-28,39H,3-4,8-9,15-20,22-24H2,1-2H3;1H. The molecule has 228 valence electrons. The second-order valence-corrected chi connectivity index (χ2v) is 13.1. The van der Waals surface area contributed by atoms with E-state index in [-0.39, 0.29) is 6.97 Å². The summed E-state index contributed by atoms with van der Waals surface area (Å²) in [5.74, 6) is 7.68. The van der Waals surface area contributed by atoms with Crippen LogP contribution in [-0.4, -0.2) is 70.3 Å². The van der Waals surface area contributed by atoms with E-state index in [2.05, 4.69) is 77.2 Å². The SMILES string of the molecule is CCC#Cc1cccc2cccc(-c3ncc4c(N5CC6CCC(C5)N6)nc(OCC56CCCN5CCC6)nc4c3CC)c12.[HH]. The lowest BCUT2D eigenvalue weighted by atomic mass is 9.93. The van der Waals surface area contributed by atoms with Gasteiger partial charge in [-0.05, 0) is 69.5 Å². The maximum absolute atomic E-state index is 6.64. The summed E-state index contributed by atoms with van der Waals surface area (Å²) in [4.78, 5) is 20.7. The van der Waals surface area contributed by atoms with Crippen molar-refractivity contribution in [2.24, 2.45) is 0 Å². The van der Waals surface area contributed by atoms with Crippen LogP contribution < -0.4 is 15.0 Å². The Bertz CT molecular complexity index is 1770. The van der Waals surface area contributed by atoms with Gasteiger partial charge in [-0.2, -0.15) is 9.97 Å². The second kappa shape index (κ2) is 11.3. The zero-order valence-corrected chi connectivity index (χ0v) is 26.0. The van der Waals surface area contributed by atoms with Crippen molar-refractivity contribution in [2.75, 3.05) is 37.7 Å². The minimum Gasteiger partial charge on any atom is -0.461 e. The summed E-state index contributed by atoms with van der Waals surface area (Å²) >= 11 is 0. The number of piperazine rings is 1. The van der Waals surface area contributed by atoms with Gasteiger partial charge in [0.25, 0.3) is 0 Å². The molecular weight excluding hydrogens is 544 g/mol. The fraction of sp³-hybridized carbons (Fsp3) is 0.486. The van der Waals surface area contributed by atoms with Gasteiger partial charge < -0.3 is 15.0 Å². The van der Waals surface area contributed by atoms with Crippen molar-refractivity contribution in [1.29, 1.82) is 0 Å². The third-order valence-electron chi connectivity index (χ3n) is 10.5. The first-order valence-corrected chi connectivity index (χ1v) is 16.8. The van der Waals surface area contributed by atoms with E-state index in [4.69, 9.17) is 19.7 Å². The van der Waals surface area contributed by atoms with Crippen molar-refractivity contribution in [1.82, 2.24) is 25.2 Å². The quantitative estimate of drug-likeness (QED) is 0.263. The number of rotatable bonds is 6. The minimum absolute atomic E-state index is 0. The zero-order chi connectivity index (χ0) is 29.7. The molecule has 2 bridgehead atoms. The molecule has 2 atom stereocenters. The number of aromatic nitrogens is 3. The second-order valence-electron chi connectivity index (χ2n) is 13.1. The molecular formula is C37H44N6O. The lowest BCUT2D eigenvalue weighted by molar-refractivity contribution is 0.108. The van der Waals surface area contributed by atoms with E-state index in [1.165, 1.54) is 57.0 Å². The molecule has 8 rings (SSSR count). The van der Waals surface area contributed by atoms with Crippen molar-refractivity contribution < 1.29 is 6.16 Å². The molecule has 0 saturated carbocycles. The Morgan fingerprint density at radius 2 is 1.80 bits per heavy atom. The number of ether oxygens (including phenoxy) is 1. The van der Waals surface area contributed by atoms with E-state index in [1.54, 1.807) is 0 Å². The monoisotopic (exact) mass is 588 g/mol. The van der Waals surface area contributed by atoms with Gasteiger partial charge >= 0.3 is 6.01 Å². The number of nitrogens with zero attached hydrogens (tertiary/aromatic N) is 5. The van der Waals surface area contributed by atoms with Gasteiger partial charge in [-0.15, -0.1) is 0 Å². The average molecular weight is 589 g/mol. The molecule has 2 aromatic carbocycles. The summed E-state index contributed by atoms with van der Waals surface area (Å²) in [6.07, 6.45) is 11.0. The smallest absolute Gasteiger partial charge is 0.319 e. The van der Waals surface area contributed by atoms with Gasteiger partial charge in [0, 0.05) is 61.3 Å². The molecule has 0 spiro atoms. The lowest BCUT2D eigenvalue weighted by Gasteiger charge is -2.35. The van der Waals surface area contributed by atoms with Crippen LogP contribution in [0.5, 0.6) is 6.01 Å². The molecule has 2 unspecified atom stereocenters. The van der Waals surface area contributed by atoms with Crippen molar-refractivity contribution in [2.45, 2.75) is 82.8 Å². The first-order chi connectivity index (χ1) is 21.7. The number of fused-ring (bicyclic) bond motifs is 5. The summed E-state index contributed by atoms with van der Waals surface area (Å²) < 4.78 is 6.64. The molecule has 4 aromatic rings. The van der Waals surface area contributed by atoms with Crippen molar-refractivity contribution in [3.05, 3.63) is 53.7 Å². The highest BCUT2D eigenvalue weighted by atomic mass is 16.5. The zero-order valence-electron chi connectivity index (χ0n) is 26.0. The number of anilines is 1. The molecule has 4 fully saturated rings. The summed E-state index contributed by atoms with van der Waals surface area (Å²) in [6.45, 7) is 9.23. The fourth-order valence-electron chi connectivity index (χ4n) is 8.43. The van der Waals surface area contributed by atoms with Crippen LogP contribution in [0.4, 0.5) is 5.82 Å². The molecule has 4 aliphatic rings. The third kappa shape index (κ3) is 4.71. The Kier molecular flexibility index (Phi) is 7.15. The van der Waals surface area contributed by atoms with Crippen LogP contribution in [0.25, 0.3) is 32.9 Å². The minimum atomic E-state index is 0. The molecule has 4 saturated heterocycles. The Morgan fingerprint density at radius 3 is 2.55 bits per heavy atom. The first-order valence-electron chi connectivity index (χ1n) is 16.8. The van der Waals surface area contributed by atoms with E-state index >= 15 is 0 Å². The largest absolute Gasteiger partial charge is 0.461 e. The number of hydrogen-bond acceptors (Lipinski definition) is 7. The van der Waals surface area contributed by atoms with Gasteiger partial charge in [0.2, 0.25) is 0 Å². The Labute approximate surface area is 261 Å². The first kappa shape index (κ1) is 27.8. The summed E-state index contributed by atoms with van der Waals surface area (Å²) in [7, 11) is 0. The fourth-order valence-corrected chi connectivity index (χ4v) is 8.43. The Balaban J connectivity index is 0.00000325. The number of nitrogens with one attached hydrogen (secondary N) is 1. The Morgan fingerprint density at radius 1 is 1.02 bits per heavy atom. The average Bonchev–Trinajstić information content (AvgIpc) is 3.74. The molecule has 4 aliphatic heterocycles. The predicted molar refractivity (Wildman–Crippen MR) is 179 cm³/mol. The van der Waals surface area contributed by atoms with E-state index < -0.39 is 0 Å². The molecule has 1 N–H and O–H groups in total. The summed E-state index contributed by atoms with van der Waals surface area (Å²) in [5.41, 5.74) is 5.37. The van der Waals surface area contributed by atoms with Crippen LogP contribution in [0.15, 0.2) is 42.6 Å². The molecule has 7 nitrogen and oxygen atoms in total. The van der Waals surface area contributed by atoms with Crippen LogP contribution in [0.1, 0.15) is 71.3 Å². The maximum atomic E-state index is 6.64. The molecule has 0 amide bonds. The summed E-state index contributed by atoms with van der Waals surface area (Å²) in [5, 5.41) is 7.13. The number of benzene rings is 2. The van der Waals surface area contributed by atoms with Gasteiger partial charge in [0.1, 0.15) is 12.4 Å². The normalized spacial score (nSPS) is 22.4. The number of pyridine rings is 1. The van der Waals surface area contributed by atoms with E-state index in [0.29, 0.717) is 24.7 Å². The van der Waals surface area contributed by atoms with Crippen LogP contribution in [0.2, 0.25) is 0 Å². The topological polar surface area (TPSA) is 66.4 Å². The van der Waals surface area contributed by atoms with E-state index in [9.17, 15) is 0 Å². The van der Waals surface area contributed by atoms with Crippen molar-refractivity contribution in [3.63, 3.8) is 0 Å². The molecule has 0 aliphatic carbocycles. The van der Waals surface area contributed by atoms with Gasteiger partial charge in [-0.1, -0.05) is 56.0 Å². The van der Waals surface area contributed by atoms with Gasteiger partial charge in [-0.3, -0.25) is 9.88 Å². The predicted octanol–water partition coefficient (Wildman–Crippen LogP) is 6.36. The highest BCUT2D eigenvalue weighted by Gasteiger charge is 2.45. The van der Waals surface area contributed by atoms with Crippen molar-refractivity contribution in [3.8, 4) is 29.1 Å². The molecule has 7 heteroatoms. The molecule has 6 heterocycles. The van der Waals surface area contributed by atoms with Crippen LogP contribution in [-0.2, 0) is 6.42 Å². The lowest BCUT2D eigenvalue weighted by Crippen LogP contribution is -2.51. The number of aryl methyl sites for hydroxylation is 1. The van der Waals surface area contributed by atoms with Gasteiger partial charge in [0.05, 0.1) is 22.1 Å². The van der Waals surface area contributed by atoms with Gasteiger partial charge in [0.15, 0.2) is 0 Å².